The van der Waals surface area contributed by atoms with Crippen LogP contribution in [0.3, 0.4) is 0 Å². The van der Waals surface area contributed by atoms with Crippen molar-refractivity contribution in [1.29, 1.82) is 0 Å². The van der Waals surface area contributed by atoms with E-state index in [9.17, 15) is 9.59 Å². The van der Waals surface area contributed by atoms with E-state index in [1.54, 1.807) is 19.2 Å². The van der Waals surface area contributed by atoms with Crippen molar-refractivity contribution in [2.75, 3.05) is 65.2 Å². The number of carbonyl (C=O) groups is 2. The van der Waals surface area contributed by atoms with Crippen LogP contribution in [0, 0.1) is 0 Å². The molecule has 0 aromatic carbocycles. The molecule has 0 aliphatic rings. The molecule has 0 aliphatic carbocycles. The molecule has 12 heteroatoms. The van der Waals surface area contributed by atoms with Crippen molar-refractivity contribution in [2.45, 2.75) is 0 Å². The number of hydrazine groups is 1. The SMILES string of the molecule is COCCOCCOCCOCCN(N)/C=C(\N)C(=O)Nc1cnc2[nH]c(C=O)cc2c1. The van der Waals surface area contributed by atoms with E-state index >= 15 is 0 Å². The summed E-state index contributed by atoms with van der Waals surface area (Å²) in [6.45, 7) is 3.60. The summed E-state index contributed by atoms with van der Waals surface area (Å²) in [4.78, 5) is 30.1. The van der Waals surface area contributed by atoms with E-state index in [0.717, 1.165) is 0 Å². The van der Waals surface area contributed by atoms with Gasteiger partial charge >= 0.3 is 0 Å². The van der Waals surface area contributed by atoms with Gasteiger partial charge in [-0.05, 0) is 12.1 Å². The molecule has 0 saturated heterocycles. The number of aromatic amines is 1. The van der Waals surface area contributed by atoms with Gasteiger partial charge in [-0.2, -0.15) is 0 Å². The minimum atomic E-state index is -0.533. The molecule has 0 radical (unpaired) electrons. The molecule has 2 heterocycles. The molecule has 0 bridgehead atoms. The van der Waals surface area contributed by atoms with Crippen molar-refractivity contribution in [3.05, 3.63) is 35.9 Å². The van der Waals surface area contributed by atoms with Crippen molar-refractivity contribution in [1.82, 2.24) is 15.0 Å². The van der Waals surface area contributed by atoms with Crippen molar-refractivity contribution in [2.24, 2.45) is 11.6 Å². The molecule has 176 valence electrons. The van der Waals surface area contributed by atoms with E-state index < -0.39 is 5.91 Å². The predicted molar refractivity (Wildman–Crippen MR) is 118 cm³/mol. The maximum Gasteiger partial charge on any atom is 0.273 e. The molecule has 0 aliphatic heterocycles. The standard InChI is InChI=1S/C20H30N6O6/c1-29-4-5-31-8-9-32-7-6-30-3-2-26(22)13-18(21)20(28)25-16-10-15-11-17(14-27)24-19(15)23-12-16/h10-14H,2-9,21-22H2,1H3,(H,23,24)(H,25,28)/b18-13-. The van der Waals surface area contributed by atoms with Crippen LogP contribution < -0.4 is 16.9 Å². The molecule has 1 amide bonds. The molecule has 0 unspecified atom stereocenters. The number of hydrogen-bond donors (Lipinski definition) is 4. The average molecular weight is 450 g/mol. The van der Waals surface area contributed by atoms with Gasteiger partial charge in [0.1, 0.15) is 11.3 Å². The zero-order valence-corrected chi connectivity index (χ0v) is 18.0. The van der Waals surface area contributed by atoms with Gasteiger partial charge in [-0.1, -0.05) is 0 Å². The van der Waals surface area contributed by atoms with Gasteiger partial charge in [-0.15, -0.1) is 0 Å². The van der Waals surface area contributed by atoms with Crippen molar-refractivity contribution in [3.63, 3.8) is 0 Å². The molecular weight excluding hydrogens is 420 g/mol. The van der Waals surface area contributed by atoms with Crippen LogP contribution in [-0.2, 0) is 23.7 Å². The normalized spacial score (nSPS) is 11.6. The quantitative estimate of drug-likeness (QED) is 0.0897. The largest absolute Gasteiger partial charge is 0.393 e. The molecule has 32 heavy (non-hydrogen) atoms. The maximum absolute atomic E-state index is 12.3. The van der Waals surface area contributed by atoms with Gasteiger partial charge in [0.2, 0.25) is 0 Å². The molecule has 0 saturated carbocycles. The lowest BCUT2D eigenvalue weighted by Crippen LogP contribution is -2.32. The van der Waals surface area contributed by atoms with Crippen LogP contribution in [-0.4, -0.2) is 87.1 Å². The first kappa shape index (κ1) is 25.2. The number of amides is 1. The van der Waals surface area contributed by atoms with Crippen molar-refractivity contribution < 1.29 is 28.5 Å². The van der Waals surface area contributed by atoms with Gasteiger partial charge in [0.25, 0.3) is 5.91 Å². The second-order valence-corrected chi connectivity index (χ2v) is 6.61. The molecule has 0 spiro atoms. The molecule has 2 rings (SSSR count). The average Bonchev–Trinajstić information content (AvgIpc) is 3.20. The molecule has 0 atom stereocenters. The summed E-state index contributed by atoms with van der Waals surface area (Å²) in [5, 5.41) is 4.59. The molecular formula is C20H30N6O6. The molecule has 2 aromatic heterocycles. The van der Waals surface area contributed by atoms with E-state index in [1.165, 1.54) is 17.4 Å². The lowest BCUT2D eigenvalue weighted by molar-refractivity contribution is -0.113. The number of nitrogens with zero attached hydrogens (tertiary/aromatic N) is 2. The Kier molecular flexibility index (Phi) is 11.1. The Balaban J connectivity index is 1.63. The third-order valence-corrected chi connectivity index (χ3v) is 4.11. The predicted octanol–water partition coefficient (Wildman–Crippen LogP) is -0.0141. The molecule has 2 aromatic rings. The van der Waals surface area contributed by atoms with Gasteiger partial charge in [0, 0.05) is 18.7 Å². The Morgan fingerprint density at radius 3 is 2.44 bits per heavy atom. The van der Waals surface area contributed by atoms with Gasteiger partial charge in [-0.25, -0.2) is 10.8 Å². The lowest BCUT2D eigenvalue weighted by Gasteiger charge is -2.15. The summed E-state index contributed by atoms with van der Waals surface area (Å²) in [6, 6.07) is 3.31. The van der Waals surface area contributed by atoms with E-state index in [4.69, 9.17) is 30.5 Å². The third-order valence-electron chi connectivity index (χ3n) is 4.11. The first-order valence-corrected chi connectivity index (χ1v) is 9.99. The van der Waals surface area contributed by atoms with Gasteiger partial charge in [0.15, 0.2) is 6.29 Å². The number of methoxy groups -OCH3 is 1. The number of nitrogens with two attached hydrogens (primary N) is 2. The molecule has 6 N–H and O–H groups in total. The van der Waals surface area contributed by atoms with E-state index in [2.05, 4.69) is 15.3 Å². The number of carbonyl (C=O) groups excluding carboxylic acids is 2. The number of anilines is 1. The third kappa shape index (κ3) is 8.99. The van der Waals surface area contributed by atoms with Gasteiger partial charge in [0.05, 0.1) is 70.4 Å². The van der Waals surface area contributed by atoms with Crippen molar-refractivity contribution >= 4 is 28.9 Å². The van der Waals surface area contributed by atoms with Crippen LogP contribution in [0.5, 0.6) is 0 Å². The number of aldehydes is 1. The lowest BCUT2D eigenvalue weighted by atomic mass is 10.3. The number of ether oxygens (including phenoxy) is 4. The highest BCUT2D eigenvalue weighted by molar-refractivity contribution is 6.03. The number of H-pyrrole nitrogens is 1. The topological polar surface area (TPSA) is 167 Å². The van der Waals surface area contributed by atoms with Crippen LogP contribution in [0.2, 0.25) is 0 Å². The van der Waals surface area contributed by atoms with E-state index in [0.29, 0.717) is 81.5 Å². The van der Waals surface area contributed by atoms with Crippen LogP contribution in [0.1, 0.15) is 10.5 Å². The van der Waals surface area contributed by atoms with Crippen LogP contribution >= 0.6 is 0 Å². The number of rotatable bonds is 16. The zero-order chi connectivity index (χ0) is 23.2. The van der Waals surface area contributed by atoms with Crippen LogP contribution in [0.25, 0.3) is 11.0 Å². The monoisotopic (exact) mass is 450 g/mol. The smallest absolute Gasteiger partial charge is 0.273 e. The molecule has 0 fully saturated rings. The highest BCUT2D eigenvalue weighted by Crippen LogP contribution is 2.17. The summed E-state index contributed by atoms with van der Waals surface area (Å²) >= 11 is 0. The van der Waals surface area contributed by atoms with E-state index in [1.807, 2.05) is 0 Å². The number of nitrogens with one attached hydrogen (secondary N) is 2. The second kappa shape index (κ2) is 14.1. The summed E-state index contributed by atoms with van der Waals surface area (Å²) < 4.78 is 20.9. The second-order valence-electron chi connectivity index (χ2n) is 6.61. The zero-order valence-electron chi connectivity index (χ0n) is 18.0. The van der Waals surface area contributed by atoms with Gasteiger partial charge < -0.3 is 40.0 Å². The van der Waals surface area contributed by atoms with E-state index in [-0.39, 0.29) is 5.70 Å². The summed E-state index contributed by atoms with van der Waals surface area (Å²) in [5.41, 5.74) is 7.11. The van der Waals surface area contributed by atoms with Gasteiger partial charge in [-0.3, -0.25) is 9.59 Å². The Bertz CT molecular complexity index is 887. The number of hydrogen-bond acceptors (Lipinski definition) is 10. The minimum absolute atomic E-state index is 0.0768. The first-order valence-electron chi connectivity index (χ1n) is 9.99. The summed E-state index contributed by atoms with van der Waals surface area (Å²) in [6.07, 6.45) is 3.47. The molecule has 12 nitrogen and oxygen atoms in total. The Morgan fingerprint density at radius 2 is 1.78 bits per heavy atom. The van der Waals surface area contributed by atoms with Crippen LogP contribution in [0.15, 0.2) is 30.2 Å². The number of aromatic nitrogens is 2. The number of pyridine rings is 1. The Hall–Kier alpha value is -3.03. The fourth-order valence-electron chi connectivity index (χ4n) is 2.53. The summed E-state index contributed by atoms with van der Waals surface area (Å²) in [5.74, 6) is 5.30. The Morgan fingerprint density at radius 1 is 1.12 bits per heavy atom. The highest BCUT2D eigenvalue weighted by Gasteiger charge is 2.09. The maximum atomic E-state index is 12.3. The first-order chi connectivity index (χ1) is 15.5. The highest BCUT2D eigenvalue weighted by atomic mass is 16.6. The van der Waals surface area contributed by atoms with Crippen molar-refractivity contribution in [3.8, 4) is 0 Å². The summed E-state index contributed by atoms with van der Waals surface area (Å²) in [7, 11) is 1.62. The van der Waals surface area contributed by atoms with Crippen LogP contribution in [0.4, 0.5) is 5.69 Å². The Labute approximate surface area is 185 Å². The fourth-order valence-corrected chi connectivity index (χ4v) is 2.53. The number of fused-ring (bicyclic) bond motifs is 1. The minimum Gasteiger partial charge on any atom is -0.393 e. The fraction of sp³-hybridized carbons (Fsp3) is 0.450.